The molecule has 3 heteroatoms. The van der Waals surface area contributed by atoms with Crippen molar-refractivity contribution in [1.82, 2.24) is 0 Å². The Hall–Kier alpha value is -1.99. The number of benzene rings is 2. The van der Waals surface area contributed by atoms with Crippen LogP contribution in [0.15, 0.2) is 59.7 Å². The van der Waals surface area contributed by atoms with Crippen LogP contribution in [-0.2, 0) is 27.3 Å². The molecule has 0 bridgehead atoms. The summed E-state index contributed by atoms with van der Waals surface area (Å²) in [5, 5.41) is 2.87. The van der Waals surface area contributed by atoms with Gasteiger partial charge in [-0.2, -0.15) is 0 Å². The van der Waals surface area contributed by atoms with Crippen LogP contribution in [0.1, 0.15) is 321 Å². The van der Waals surface area contributed by atoms with Gasteiger partial charge in [-0.3, -0.25) is 0 Å². The van der Waals surface area contributed by atoms with Gasteiger partial charge in [0.2, 0.25) is 11.4 Å². The Labute approximate surface area is 437 Å². The molecule has 3 rings (SSSR count). The zero-order valence-electron chi connectivity index (χ0n) is 46.9. The average Bonchev–Trinajstić information content (AvgIpc) is 3.65. The van der Waals surface area contributed by atoms with E-state index in [1.165, 1.54) is 256 Å². The third-order valence-electron chi connectivity index (χ3n) is 14.6. The second-order valence-corrected chi connectivity index (χ2v) is 22.6. The molecule has 0 atom stereocenters. The summed E-state index contributed by atoms with van der Waals surface area (Å²) >= 11 is 2.04. The number of aryl methyl sites for hydroxylation is 2. The summed E-state index contributed by atoms with van der Waals surface area (Å²) < 4.78 is 1.54. The molecule has 398 valence electrons. The van der Waals surface area contributed by atoms with E-state index in [1.807, 2.05) is 14.4 Å². The summed E-state index contributed by atoms with van der Waals surface area (Å²) in [5.74, 6) is 0. The molecule has 0 unspecified atom stereocenters. The van der Waals surface area contributed by atoms with Crippen molar-refractivity contribution in [2.45, 2.75) is 322 Å². The first kappa shape index (κ1) is 63.1. The summed E-state index contributed by atoms with van der Waals surface area (Å²) in [7, 11) is 0. The Balaban J connectivity index is 0.000000473. The van der Waals surface area contributed by atoms with Gasteiger partial charge in [0.25, 0.3) is 0 Å². The summed E-state index contributed by atoms with van der Waals surface area (Å²) in [6.45, 7) is 13.6. The van der Waals surface area contributed by atoms with E-state index in [0.717, 1.165) is 73.9 Å². The summed E-state index contributed by atoms with van der Waals surface area (Å²) in [5.41, 5.74) is 21.5. The SMILES string of the molecule is CCCCC1=C(c2cccc(CCCC)c2)[N+](=[N-])C(c2cccc(CCCC)c2)=C1CCCC.CCCCCCCCCCCCCCCC[CH2][Ni][CH2]CCCCCCCCCCCCCCCC. The molecule has 0 aliphatic carbocycles. The van der Waals surface area contributed by atoms with Crippen LogP contribution in [0.3, 0.4) is 0 Å². The van der Waals surface area contributed by atoms with Crippen LogP contribution in [0.25, 0.3) is 16.9 Å². The van der Waals surface area contributed by atoms with Crippen LogP contribution < -0.4 is 0 Å². The Morgan fingerprint density at radius 3 is 0.870 bits per heavy atom. The van der Waals surface area contributed by atoms with Gasteiger partial charge >= 0.3 is 166 Å². The smallest absolute Gasteiger partial charge is 0.0654 e. The molecular weight excluding hydrogens is 879 g/mol. The molecule has 0 amide bonds. The van der Waals surface area contributed by atoms with Crippen LogP contribution >= 0.6 is 0 Å². The monoisotopic (exact) mass is 993 g/mol. The van der Waals surface area contributed by atoms with Crippen molar-refractivity contribution in [3.05, 3.63) is 87.5 Å². The van der Waals surface area contributed by atoms with E-state index >= 15 is 0 Å². The number of hydrogen-bond donors (Lipinski definition) is 0. The molecule has 1 aliphatic rings. The Morgan fingerprint density at radius 2 is 0.580 bits per heavy atom. The van der Waals surface area contributed by atoms with E-state index in [4.69, 9.17) is 0 Å². The number of hydrogen-bond acceptors (Lipinski definition) is 0. The van der Waals surface area contributed by atoms with Gasteiger partial charge in [0.05, 0.1) is 0 Å². The molecular formula is C66H114N2Ni. The standard InChI is InChI=1S/C32H44N2.2C17H35.Ni/c1-5-9-15-25-17-13-19-27(23-25)31-29(21-11-7-3)30(22-12-8-4)32(34(31)33)28-20-14-18-26(24-28)16-10-6-2;2*1-3-5-7-9-11-13-15-17-16-14-12-10-8-6-4-2;/h13-14,17-20,23-24H,5-12,15-16,21-22H2,1-4H3;2*1,3-17H2,2H3;. The van der Waals surface area contributed by atoms with Crippen molar-refractivity contribution in [3.63, 3.8) is 0 Å². The van der Waals surface area contributed by atoms with E-state index in [1.54, 1.807) is 0 Å². The maximum atomic E-state index is 11.7. The minimum Gasteiger partial charge on any atom is -0.0654 e. The molecule has 0 spiro atoms. The Bertz CT molecular complexity index is 1450. The predicted octanol–water partition coefficient (Wildman–Crippen LogP) is 23.6. The van der Waals surface area contributed by atoms with Crippen molar-refractivity contribution in [1.29, 1.82) is 0 Å². The van der Waals surface area contributed by atoms with E-state index < -0.39 is 0 Å². The van der Waals surface area contributed by atoms with Crippen LogP contribution in [0.4, 0.5) is 0 Å². The van der Waals surface area contributed by atoms with Crippen LogP contribution in [0, 0.1) is 0 Å². The quantitative estimate of drug-likeness (QED) is 0.0359. The molecule has 2 aromatic rings. The topological polar surface area (TPSA) is 25.3 Å². The van der Waals surface area contributed by atoms with Gasteiger partial charge in [0.15, 0.2) is 0 Å². The van der Waals surface area contributed by atoms with Crippen LogP contribution in [0.2, 0.25) is 10.8 Å². The molecule has 0 N–H and O–H groups in total. The number of allylic oxidation sites excluding steroid dienone is 2. The molecule has 2 nitrogen and oxygen atoms in total. The van der Waals surface area contributed by atoms with Crippen LogP contribution in [0.5, 0.6) is 0 Å². The van der Waals surface area contributed by atoms with Gasteiger partial charge < -0.3 is 5.53 Å². The maximum absolute atomic E-state index is 11.7. The van der Waals surface area contributed by atoms with E-state index in [-0.39, 0.29) is 0 Å². The van der Waals surface area contributed by atoms with Crippen molar-refractivity contribution in [3.8, 4) is 0 Å². The van der Waals surface area contributed by atoms with Crippen molar-refractivity contribution >= 4 is 11.4 Å². The van der Waals surface area contributed by atoms with Crippen LogP contribution in [-0.4, -0.2) is 4.70 Å². The van der Waals surface area contributed by atoms with Gasteiger partial charge in [-0.25, -0.2) is 4.70 Å². The fraction of sp³-hybridized carbons (Fsp3) is 0.758. The molecule has 0 saturated heterocycles. The number of unbranched alkanes of at least 4 members (excludes halogenated alkanes) is 32. The van der Waals surface area contributed by atoms with Gasteiger partial charge in [0.1, 0.15) is 0 Å². The Kier molecular flexibility index (Phi) is 41.9. The second kappa shape index (κ2) is 45.8. The molecule has 0 aromatic heterocycles. The second-order valence-electron chi connectivity index (χ2n) is 21.2. The first-order valence-electron chi connectivity index (χ1n) is 30.6. The molecule has 0 radical (unpaired) electrons. The van der Waals surface area contributed by atoms with Crippen molar-refractivity contribution in [2.24, 2.45) is 0 Å². The van der Waals surface area contributed by atoms with Crippen molar-refractivity contribution < 1.29 is 19.1 Å². The summed E-state index contributed by atoms with van der Waals surface area (Å²) in [6, 6.07) is 17.7. The third kappa shape index (κ3) is 30.6. The molecule has 1 aliphatic heterocycles. The van der Waals surface area contributed by atoms with Gasteiger partial charge in [-0.05, 0) is 86.8 Å². The Morgan fingerprint density at radius 1 is 0.319 bits per heavy atom. The van der Waals surface area contributed by atoms with E-state index in [0.29, 0.717) is 0 Å². The van der Waals surface area contributed by atoms with Gasteiger partial charge in [-0.15, -0.1) is 0 Å². The molecule has 0 fully saturated rings. The van der Waals surface area contributed by atoms with Gasteiger partial charge in [-0.1, -0.05) is 143 Å². The molecule has 1 heterocycles. The average molecular weight is 994 g/mol. The fourth-order valence-corrected chi connectivity index (χ4v) is 11.4. The first-order chi connectivity index (χ1) is 34.1. The van der Waals surface area contributed by atoms with Gasteiger partial charge in [0, 0.05) is 22.3 Å². The normalized spacial score (nSPS) is 12.8. The summed E-state index contributed by atoms with van der Waals surface area (Å²) in [4.78, 5) is 0. The van der Waals surface area contributed by atoms with E-state index in [2.05, 4.69) is 90.1 Å². The minimum atomic E-state index is 1.01. The van der Waals surface area contributed by atoms with E-state index in [9.17, 15) is 5.53 Å². The first-order valence-corrected chi connectivity index (χ1v) is 32.0. The minimum absolute atomic E-state index is 1.01. The summed E-state index contributed by atoms with van der Waals surface area (Å²) in [6.07, 6.45) is 57.8. The fourth-order valence-electron chi connectivity index (χ4n) is 10.1. The predicted molar refractivity (Wildman–Crippen MR) is 306 cm³/mol. The zero-order valence-corrected chi connectivity index (χ0v) is 47.9. The molecule has 69 heavy (non-hydrogen) atoms. The molecule has 0 saturated carbocycles. The number of nitrogens with zero attached hydrogens (tertiary/aromatic N) is 2. The number of rotatable bonds is 46. The molecule has 2 aromatic carbocycles. The third-order valence-corrected chi connectivity index (χ3v) is 16.0. The van der Waals surface area contributed by atoms with Crippen molar-refractivity contribution in [2.75, 3.05) is 0 Å². The zero-order chi connectivity index (χ0) is 49.7.